The minimum absolute atomic E-state index is 0.0197. The molecule has 3 N–H and O–H groups in total. The highest BCUT2D eigenvalue weighted by Gasteiger charge is 2.33. The number of alkyl halides is 3. The summed E-state index contributed by atoms with van der Waals surface area (Å²) in [5.74, 6) is 4.90. The van der Waals surface area contributed by atoms with Gasteiger partial charge >= 0.3 is 6.18 Å². The Balaban J connectivity index is 3.24. The van der Waals surface area contributed by atoms with Crippen molar-refractivity contribution in [3.63, 3.8) is 0 Å². The molecule has 0 aliphatic carbocycles. The molecule has 13 heavy (non-hydrogen) atoms. The molecule has 1 aromatic carbocycles. The largest absolute Gasteiger partial charge is 0.418 e. The molecule has 72 valence electrons. The first-order chi connectivity index (χ1) is 5.95. The fraction of sp³-hybridized carbons (Fsp3) is 0.143. The predicted octanol–water partition coefficient (Wildman–Crippen LogP) is 2.64. The first kappa shape index (κ1) is 10.1. The third-order valence-corrected chi connectivity index (χ3v) is 1.68. The number of halogens is 4. The molecule has 0 aliphatic heterocycles. The third kappa shape index (κ3) is 2.26. The topological polar surface area (TPSA) is 38.0 Å². The van der Waals surface area contributed by atoms with Gasteiger partial charge in [0.05, 0.1) is 11.3 Å². The molecule has 0 atom stereocenters. The number of rotatable bonds is 1. The molecule has 0 unspecified atom stereocenters. The van der Waals surface area contributed by atoms with Crippen LogP contribution in [0.5, 0.6) is 0 Å². The van der Waals surface area contributed by atoms with Crippen molar-refractivity contribution in [3.05, 3.63) is 28.8 Å². The maximum Gasteiger partial charge on any atom is 0.418 e. The fourth-order valence-corrected chi connectivity index (χ4v) is 1.05. The SMILES string of the molecule is NNc1ccc(Cl)cc1C(F)(F)F. The number of anilines is 1. The molecule has 0 amide bonds. The van der Waals surface area contributed by atoms with E-state index >= 15 is 0 Å². The van der Waals surface area contributed by atoms with Crippen LogP contribution in [0.1, 0.15) is 5.56 Å². The normalized spacial score (nSPS) is 11.5. The van der Waals surface area contributed by atoms with Crippen molar-refractivity contribution < 1.29 is 13.2 Å². The molecule has 2 nitrogen and oxygen atoms in total. The van der Waals surface area contributed by atoms with E-state index in [4.69, 9.17) is 17.4 Å². The summed E-state index contributed by atoms with van der Waals surface area (Å²) in [4.78, 5) is 0. The van der Waals surface area contributed by atoms with E-state index in [2.05, 4.69) is 0 Å². The smallest absolute Gasteiger partial charge is 0.324 e. The quantitative estimate of drug-likeness (QED) is 0.552. The monoisotopic (exact) mass is 210 g/mol. The van der Waals surface area contributed by atoms with Crippen LogP contribution in [0.15, 0.2) is 18.2 Å². The Kier molecular flexibility index (Phi) is 2.68. The lowest BCUT2D eigenvalue weighted by Crippen LogP contribution is -2.14. The van der Waals surface area contributed by atoms with Crippen LogP contribution in [0, 0.1) is 0 Å². The van der Waals surface area contributed by atoms with Gasteiger partial charge in [0.25, 0.3) is 0 Å². The van der Waals surface area contributed by atoms with Crippen LogP contribution < -0.4 is 11.3 Å². The van der Waals surface area contributed by atoms with Crippen LogP contribution in [-0.4, -0.2) is 0 Å². The number of hydrazine groups is 1. The molecule has 0 aromatic heterocycles. The van der Waals surface area contributed by atoms with Crippen molar-refractivity contribution in [2.45, 2.75) is 6.18 Å². The highest BCUT2D eigenvalue weighted by molar-refractivity contribution is 6.30. The van der Waals surface area contributed by atoms with Gasteiger partial charge < -0.3 is 5.43 Å². The molecule has 0 saturated carbocycles. The van der Waals surface area contributed by atoms with Gasteiger partial charge in [0.15, 0.2) is 0 Å². The van der Waals surface area contributed by atoms with Crippen molar-refractivity contribution in [1.29, 1.82) is 0 Å². The summed E-state index contributed by atoms with van der Waals surface area (Å²) in [7, 11) is 0. The number of hydrogen-bond donors (Lipinski definition) is 2. The lowest BCUT2D eigenvalue weighted by molar-refractivity contribution is -0.136. The lowest BCUT2D eigenvalue weighted by Gasteiger charge is -2.11. The molecule has 0 saturated heterocycles. The second kappa shape index (κ2) is 3.43. The van der Waals surface area contributed by atoms with E-state index in [1.54, 1.807) is 0 Å². The first-order valence-corrected chi connectivity index (χ1v) is 3.66. The zero-order chi connectivity index (χ0) is 10.1. The Morgan fingerprint density at radius 2 is 1.92 bits per heavy atom. The molecular formula is C7H6ClF3N2. The van der Waals surface area contributed by atoms with Gasteiger partial charge in [-0.2, -0.15) is 13.2 Å². The van der Waals surface area contributed by atoms with E-state index in [-0.39, 0.29) is 10.7 Å². The summed E-state index contributed by atoms with van der Waals surface area (Å²) in [5, 5.41) is 0.0197. The highest BCUT2D eigenvalue weighted by Crippen LogP contribution is 2.35. The molecule has 1 rings (SSSR count). The average Bonchev–Trinajstić information content (AvgIpc) is 2.03. The Morgan fingerprint density at radius 1 is 1.31 bits per heavy atom. The zero-order valence-electron chi connectivity index (χ0n) is 6.32. The van der Waals surface area contributed by atoms with Gasteiger partial charge in [-0.25, -0.2) is 0 Å². The van der Waals surface area contributed by atoms with Crippen molar-refractivity contribution in [2.75, 3.05) is 5.43 Å². The average molecular weight is 211 g/mol. The Bertz CT molecular complexity index is 311. The molecular weight excluding hydrogens is 205 g/mol. The van der Waals surface area contributed by atoms with Crippen LogP contribution in [0.25, 0.3) is 0 Å². The molecule has 1 aromatic rings. The van der Waals surface area contributed by atoms with Crippen LogP contribution in [0.4, 0.5) is 18.9 Å². The van der Waals surface area contributed by atoms with Crippen LogP contribution in [0.2, 0.25) is 5.02 Å². The second-order valence-electron chi connectivity index (χ2n) is 2.33. The minimum atomic E-state index is -4.45. The maximum absolute atomic E-state index is 12.3. The second-order valence-corrected chi connectivity index (χ2v) is 2.77. The van der Waals surface area contributed by atoms with E-state index in [9.17, 15) is 13.2 Å². The van der Waals surface area contributed by atoms with Crippen LogP contribution in [0.3, 0.4) is 0 Å². The van der Waals surface area contributed by atoms with E-state index < -0.39 is 11.7 Å². The number of nitrogen functional groups attached to an aromatic ring is 1. The standard InChI is InChI=1S/C7H6ClF3N2/c8-4-1-2-6(13-12)5(3-4)7(9,10)11/h1-3,13H,12H2. The van der Waals surface area contributed by atoms with E-state index in [0.29, 0.717) is 0 Å². The van der Waals surface area contributed by atoms with Crippen LogP contribution >= 0.6 is 11.6 Å². The molecule has 0 fully saturated rings. The zero-order valence-corrected chi connectivity index (χ0v) is 7.08. The number of nitrogens with one attached hydrogen (secondary N) is 1. The number of nitrogens with two attached hydrogens (primary N) is 1. The molecule has 0 spiro atoms. The third-order valence-electron chi connectivity index (χ3n) is 1.44. The van der Waals surface area contributed by atoms with E-state index in [1.165, 1.54) is 12.1 Å². The molecule has 0 heterocycles. The summed E-state index contributed by atoms with van der Waals surface area (Å²) in [6.07, 6.45) is -4.45. The fourth-order valence-electron chi connectivity index (χ4n) is 0.877. The van der Waals surface area contributed by atoms with Gasteiger partial charge in [0, 0.05) is 5.02 Å². The van der Waals surface area contributed by atoms with Gasteiger partial charge in [-0.3, -0.25) is 5.84 Å². The van der Waals surface area contributed by atoms with Gasteiger partial charge in [0.2, 0.25) is 0 Å². The van der Waals surface area contributed by atoms with Crippen molar-refractivity contribution in [2.24, 2.45) is 5.84 Å². The Morgan fingerprint density at radius 3 is 2.38 bits per heavy atom. The highest BCUT2D eigenvalue weighted by atomic mass is 35.5. The lowest BCUT2D eigenvalue weighted by atomic mass is 10.2. The van der Waals surface area contributed by atoms with E-state index in [1.807, 2.05) is 5.43 Å². The summed E-state index contributed by atoms with van der Waals surface area (Å²) < 4.78 is 36.8. The van der Waals surface area contributed by atoms with Gasteiger partial charge in [-0.15, -0.1) is 0 Å². The van der Waals surface area contributed by atoms with Crippen LogP contribution in [-0.2, 0) is 6.18 Å². The summed E-state index contributed by atoms with van der Waals surface area (Å²) >= 11 is 5.41. The van der Waals surface area contributed by atoms with Crippen molar-refractivity contribution in [1.82, 2.24) is 0 Å². The predicted molar refractivity (Wildman–Crippen MR) is 44.3 cm³/mol. The summed E-state index contributed by atoms with van der Waals surface area (Å²) in [6.45, 7) is 0. The minimum Gasteiger partial charge on any atom is -0.324 e. The number of benzene rings is 1. The Hall–Kier alpha value is -0.940. The number of hydrogen-bond acceptors (Lipinski definition) is 2. The van der Waals surface area contributed by atoms with Crippen molar-refractivity contribution in [3.8, 4) is 0 Å². The molecule has 6 heteroatoms. The maximum atomic E-state index is 12.3. The van der Waals surface area contributed by atoms with Gasteiger partial charge in [0.1, 0.15) is 0 Å². The van der Waals surface area contributed by atoms with Gasteiger partial charge in [-0.1, -0.05) is 11.6 Å². The first-order valence-electron chi connectivity index (χ1n) is 3.28. The summed E-state index contributed by atoms with van der Waals surface area (Å²) in [5.41, 5.74) is 0.881. The Labute approximate surface area is 77.5 Å². The summed E-state index contributed by atoms with van der Waals surface area (Å²) in [6, 6.07) is 3.31. The van der Waals surface area contributed by atoms with E-state index in [0.717, 1.165) is 6.07 Å². The molecule has 0 aliphatic rings. The molecule has 0 bridgehead atoms. The van der Waals surface area contributed by atoms with Crippen molar-refractivity contribution >= 4 is 17.3 Å². The molecule has 0 radical (unpaired) electrons. The van der Waals surface area contributed by atoms with Gasteiger partial charge in [-0.05, 0) is 18.2 Å².